The Kier molecular flexibility index (Phi) is 3.63. The maximum absolute atomic E-state index is 12.3. The van der Waals surface area contributed by atoms with Gasteiger partial charge in [0.05, 0.1) is 5.56 Å². The number of pyridine rings is 1. The molecule has 0 saturated heterocycles. The zero-order chi connectivity index (χ0) is 13.1. The van der Waals surface area contributed by atoms with E-state index in [9.17, 15) is 4.79 Å². The summed E-state index contributed by atoms with van der Waals surface area (Å²) in [6, 6.07) is 11.1. The first-order valence-corrected chi connectivity index (χ1v) is 5.92. The fourth-order valence-electron chi connectivity index (χ4n) is 1.68. The van der Waals surface area contributed by atoms with Crippen molar-refractivity contribution < 1.29 is 4.79 Å². The average Bonchev–Trinajstić information content (AvgIpc) is 2.37. The van der Waals surface area contributed by atoms with E-state index in [0.717, 1.165) is 11.3 Å². The highest BCUT2D eigenvalue weighted by molar-refractivity contribution is 6.33. The number of hydrogen-bond donors (Lipinski definition) is 0. The zero-order valence-corrected chi connectivity index (χ0v) is 11.0. The van der Waals surface area contributed by atoms with Crippen molar-refractivity contribution in [2.24, 2.45) is 0 Å². The quantitative estimate of drug-likeness (QED) is 0.776. The molecule has 2 aromatic rings. The molecule has 0 unspecified atom stereocenters. The van der Waals surface area contributed by atoms with Crippen LogP contribution in [0, 0.1) is 6.92 Å². The molecular weight excluding hydrogens is 248 g/mol. The summed E-state index contributed by atoms with van der Waals surface area (Å²) in [5.74, 6) is -0.168. The monoisotopic (exact) mass is 260 g/mol. The van der Waals surface area contributed by atoms with Crippen LogP contribution < -0.4 is 4.90 Å². The molecular formula is C14H13ClN2O. The summed E-state index contributed by atoms with van der Waals surface area (Å²) in [4.78, 5) is 17.8. The van der Waals surface area contributed by atoms with Crippen LogP contribution in [0.5, 0.6) is 0 Å². The summed E-state index contributed by atoms with van der Waals surface area (Å²) in [5.41, 5.74) is 2.34. The van der Waals surface area contributed by atoms with Gasteiger partial charge in [0, 0.05) is 18.9 Å². The number of rotatable bonds is 2. The van der Waals surface area contributed by atoms with Gasteiger partial charge >= 0.3 is 0 Å². The molecule has 0 bridgehead atoms. The fourth-order valence-corrected chi connectivity index (χ4v) is 1.88. The van der Waals surface area contributed by atoms with Gasteiger partial charge in [-0.1, -0.05) is 23.7 Å². The van der Waals surface area contributed by atoms with Crippen molar-refractivity contribution >= 4 is 23.2 Å². The van der Waals surface area contributed by atoms with Gasteiger partial charge < -0.3 is 4.90 Å². The minimum atomic E-state index is -0.168. The Hall–Kier alpha value is -1.87. The number of aromatic nitrogens is 1. The molecule has 0 aliphatic heterocycles. The second kappa shape index (κ2) is 5.19. The Morgan fingerprint density at radius 1 is 1.28 bits per heavy atom. The van der Waals surface area contributed by atoms with Crippen molar-refractivity contribution in [3.63, 3.8) is 0 Å². The van der Waals surface area contributed by atoms with Crippen molar-refractivity contribution in [2.75, 3.05) is 11.9 Å². The summed E-state index contributed by atoms with van der Waals surface area (Å²) >= 11 is 5.92. The number of amides is 1. The van der Waals surface area contributed by atoms with E-state index in [0.29, 0.717) is 5.56 Å². The van der Waals surface area contributed by atoms with Crippen molar-refractivity contribution in [3.8, 4) is 0 Å². The predicted molar refractivity (Wildman–Crippen MR) is 73.2 cm³/mol. The summed E-state index contributed by atoms with van der Waals surface area (Å²) in [5, 5.41) is 0.224. The van der Waals surface area contributed by atoms with Crippen LogP contribution in [0.15, 0.2) is 42.6 Å². The topological polar surface area (TPSA) is 33.2 Å². The van der Waals surface area contributed by atoms with Gasteiger partial charge in [0.2, 0.25) is 0 Å². The minimum Gasteiger partial charge on any atom is -0.311 e. The molecule has 0 spiro atoms. The highest BCUT2D eigenvalue weighted by Crippen LogP contribution is 2.19. The number of nitrogens with zero attached hydrogens (tertiary/aromatic N) is 2. The summed E-state index contributed by atoms with van der Waals surface area (Å²) in [6.45, 7) is 1.98. The Balaban J connectivity index is 2.32. The Morgan fingerprint density at radius 3 is 2.72 bits per heavy atom. The molecule has 0 saturated carbocycles. The number of anilines is 1. The van der Waals surface area contributed by atoms with E-state index in [-0.39, 0.29) is 11.1 Å². The number of benzene rings is 1. The molecule has 0 aliphatic rings. The van der Waals surface area contributed by atoms with Gasteiger partial charge in [-0.05, 0) is 36.8 Å². The molecule has 1 heterocycles. The Morgan fingerprint density at radius 2 is 2.06 bits per heavy atom. The Bertz CT molecular complexity index is 584. The van der Waals surface area contributed by atoms with E-state index in [2.05, 4.69) is 4.98 Å². The second-order valence-corrected chi connectivity index (χ2v) is 4.40. The highest BCUT2D eigenvalue weighted by atomic mass is 35.5. The lowest BCUT2D eigenvalue weighted by molar-refractivity contribution is 0.0993. The van der Waals surface area contributed by atoms with E-state index in [1.807, 2.05) is 31.2 Å². The predicted octanol–water partition coefficient (Wildman–Crippen LogP) is 3.32. The first kappa shape index (κ1) is 12.6. The number of halogens is 1. The van der Waals surface area contributed by atoms with Gasteiger partial charge in [0.1, 0.15) is 5.15 Å². The molecule has 0 atom stereocenters. The number of carbonyl (C=O) groups is 1. The lowest BCUT2D eigenvalue weighted by atomic mass is 10.2. The lowest BCUT2D eigenvalue weighted by Gasteiger charge is -2.18. The third-order valence-electron chi connectivity index (χ3n) is 2.68. The molecule has 1 aromatic carbocycles. The van der Waals surface area contributed by atoms with Crippen molar-refractivity contribution in [2.45, 2.75) is 6.92 Å². The molecule has 0 aliphatic carbocycles. The second-order valence-electron chi connectivity index (χ2n) is 4.04. The van der Waals surface area contributed by atoms with Gasteiger partial charge in [-0.3, -0.25) is 4.79 Å². The van der Waals surface area contributed by atoms with Gasteiger partial charge in [-0.2, -0.15) is 0 Å². The molecule has 3 nitrogen and oxygen atoms in total. The maximum atomic E-state index is 12.3. The standard InChI is InChI=1S/C14H13ClN2O/c1-10-5-3-6-11(9-10)17(2)14(18)12-7-4-8-16-13(12)15/h3-9H,1-2H3. The van der Waals surface area contributed by atoms with Gasteiger partial charge in [0.25, 0.3) is 5.91 Å². The van der Waals surface area contributed by atoms with Crippen LogP contribution >= 0.6 is 11.6 Å². The van der Waals surface area contributed by atoms with Crippen LogP contribution in [-0.2, 0) is 0 Å². The van der Waals surface area contributed by atoms with Crippen LogP contribution in [0.1, 0.15) is 15.9 Å². The first-order valence-electron chi connectivity index (χ1n) is 5.55. The lowest BCUT2D eigenvalue weighted by Crippen LogP contribution is -2.26. The normalized spacial score (nSPS) is 10.2. The molecule has 18 heavy (non-hydrogen) atoms. The average molecular weight is 261 g/mol. The van der Waals surface area contributed by atoms with Crippen molar-refractivity contribution in [3.05, 3.63) is 58.9 Å². The zero-order valence-electron chi connectivity index (χ0n) is 10.2. The van der Waals surface area contributed by atoms with Crippen LogP contribution in [0.25, 0.3) is 0 Å². The summed E-state index contributed by atoms with van der Waals surface area (Å²) < 4.78 is 0. The Labute approximate surface area is 111 Å². The van der Waals surface area contributed by atoms with E-state index in [4.69, 9.17) is 11.6 Å². The van der Waals surface area contributed by atoms with Gasteiger partial charge in [0.15, 0.2) is 0 Å². The number of carbonyl (C=O) groups excluding carboxylic acids is 1. The van der Waals surface area contributed by atoms with Gasteiger partial charge in [-0.25, -0.2) is 4.98 Å². The van der Waals surface area contributed by atoms with Crippen molar-refractivity contribution in [1.29, 1.82) is 0 Å². The van der Waals surface area contributed by atoms with Crippen LogP contribution in [0.4, 0.5) is 5.69 Å². The van der Waals surface area contributed by atoms with E-state index in [1.54, 1.807) is 30.3 Å². The van der Waals surface area contributed by atoms with E-state index >= 15 is 0 Å². The minimum absolute atomic E-state index is 0.168. The van der Waals surface area contributed by atoms with E-state index in [1.165, 1.54) is 0 Å². The fraction of sp³-hybridized carbons (Fsp3) is 0.143. The number of aryl methyl sites for hydroxylation is 1. The summed E-state index contributed by atoms with van der Waals surface area (Å²) in [7, 11) is 1.72. The number of hydrogen-bond acceptors (Lipinski definition) is 2. The largest absolute Gasteiger partial charge is 0.311 e. The molecule has 0 N–H and O–H groups in total. The summed E-state index contributed by atoms with van der Waals surface area (Å²) in [6.07, 6.45) is 1.56. The third-order valence-corrected chi connectivity index (χ3v) is 2.98. The molecule has 4 heteroatoms. The molecule has 1 aromatic heterocycles. The van der Waals surface area contributed by atoms with E-state index < -0.39 is 0 Å². The van der Waals surface area contributed by atoms with Crippen molar-refractivity contribution in [1.82, 2.24) is 4.98 Å². The molecule has 92 valence electrons. The highest BCUT2D eigenvalue weighted by Gasteiger charge is 2.16. The van der Waals surface area contributed by atoms with Crippen LogP contribution in [0.3, 0.4) is 0 Å². The molecule has 0 radical (unpaired) electrons. The maximum Gasteiger partial charge on any atom is 0.261 e. The van der Waals surface area contributed by atoms with Gasteiger partial charge in [-0.15, -0.1) is 0 Å². The SMILES string of the molecule is Cc1cccc(N(C)C(=O)c2cccnc2Cl)c1. The van der Waals surface area contributed by atoms with Crippen LogP contribution in [-0.4, -0.2) is 17.9 Å². The smallest absolute Gasteiger partial charge is 0.261 e. The molecule has 0 fully saturated rings. The van der Waals surface area contributed by atoms with Crippen LogP contribution in [0.2, 0.25) is 5.15 Å². The first-order chi connectivity index (χ1) is 8.59. The molecule has 2 rings (SSSR count). The molecule has 1 amide bonds. The third kappa shape index (κ3) is 2.51.